The Balaban J connectivity index is 2.03. The number of aromatic nitrogens is 1. The monoisotopic (exact) mass is 470 g/mol. The van der Waals surface area contributed by atoms with Crippen LogP contribution in [0.1, 0.15) is 37.6 Å². The number of alkyl halides is 3. The minimum Gasteiger partial charge on any atom is -0.367 e. The molecule has 0 unspecified atom stereocenters. The van der Waals surface area contributed by atoms with Crippen molar-refractivity contribution in [1.82, 2.24) is 10.3 Å². The summed E-state index contributed by atoms with van der Waals surface area (Å²) in [4.78, 5) is 15.8. The predicted octanol–water partition coefficient (Wildman–Crippen LogP) is 4.01. The third-order valence-electron chi connectivity index (χ3n) is 4.13. The number of anilines is 2. The molecule has 7 nitrogen and oxygen atoms in total. The van der Waals surface area contributed by atoms with Gasteiger partial charge in [-0.25, -0.2) is 13.4 Å². The molecular formula is C21H25F3N4O3S. The van der Waals surface area contributed by atoms with Crippen LogP contribution in [0.2, 0.25) is 0 Å². The molecule has 1 heterocycles. The van der Waals surface area contributed by atoms with Crippen LogP contribution in [0, 0.1) is 0 Å². The second-order valence-corrected chi connectivity index (χ2v) is 9.20. The molecule has 0 aliphatic rings. The van der Waals surface area contributed by atoms with Crippen LogP contribution < -0.4 is 15.4 Å². The second kappa shape index (κ2) is 10.5. The molecule has 0 saturated heterocycles. The van der Waals surface area contributed by atoms with Gasteiger partial charge in [0.15, 0.2) is 0 Å². The molecule has 3 N–H and O–H groups in total. The summed E-state index contributed by atoms with van der Waals surface area (Å²) < 4.78 is 64.3. The van der Waals surface area contributed by atoms with Crippen LogP contribution >= 0.6 is 0 Å². The molecule has 0 saturated carbocycles. The van der Waals surface area contributed by atoms with E-state index in [1.807, 2.05) is 0 Å². The summed E-state index contributed by atoms with van der Waals surface area (Å²) in [6.07, 6.45) is -1.98. The highest BCUT2D eigenvalue weighted by molar-refractivity contribution is 7.92. The molecule has 11 heteroatoms. The van der Waals surface area contributed by atoms with Crippen molar-refractivity contribution in [1.29, 1.82) is 0 Å². The number of sulfonamides is 1. The van der Waals surface area contributed by atoms with E-state index in [9.17, 15) is 26.4 Å². The highest BCUT2D eigenvalue weighted by Gasteiger charge is 2.33. The number of nitrogens with zero attached hydrogens (tertiary/aromatic N) is 1. The van der Waals surface area contributed by atoms with Crippen molar-refractivity contribution in [3.63, 3.8) is 0 Å². The number of carbonyl (C=O) groups excluding carboxylic acids is 1. The average molecular weight is 471 g/mol. The lowest BCUT2D eigenvalue weighted by atomic mass is 10.2. The van der Waals surface area contributed by atoms with Gasteiger partial charge in [-0.1, -0.05) is 12.1 Å². The summed E-state index contributed by atoms with van der Waals surface area (Å²) in [5.74, 6) is -0.458. The van der Waals surface area contributed by atoms with E-state index >= 15 is 0 Å². The Bertz CT molecular complexity index is 1070. The number of carbonyl (C=O) groups is 1. The van der Waals surface area contributed by atoms with Crippen molar-refractivity contribution in [3.8, 4) is 0 Å². The first-order valence-corrected chi connectivity index (χ1v) is 11.4. The number of hydrogen-bond acceptors (Lipinski definition) is 5. The highest BCUT2D eigenvalue weighted by Crippen LogP contribution is 2.30. The Kier molecular flexibility index (Phi) is 8.25. The van der Waals surface area contributed by atoms with Gasteiger partial charge in [-0.15, -0.1) is 0 Å². The number of benzene rings is 1. The second-order valence-electron chi connectivity index (χ2n) is 7.18. The van der Waals surface area contributed by atoms with E-state index in [4.69, 9.17) is 0 Å². The van der Waals surface area contributed by atoms with Gasteiger partial charge in [-0.2, -0.15) is 13.2 Å². The van der Waals surface area contributed by atoms with E-state index in [1.54, 1.807) is 38.1 Å². The maximum atomic E-state index is 12.9. The number of nitrogens with one attached hydrogen (secondary N) is 3. The maximum absolute atomic E-state index is 12.9. The Morgan fingerprint density at radius 3 is 2.34 bits per heavy atom. The van der Waals surface area contributed by atoms with E-state index < -0.39 is 27.8 Å². The van der Waals surface area contributed by atoms with Crippen LogP contribution in [-0.4, -0.2) is 31.1 Å². The minimum atomic E-state index is -4.57. The SMILES string of the molecule is CCS(=O)(=O)Nc1ccc(CNC(=O)C=Cc2ccc(C(F)(F)F)nc2NC(C)C)cc1. The fourth-order valence-corrected chi connectivity index (χ4v) is 3.15. The lowest BCUT2D eigenvalue weighted by Gasteiger charge is -2.14. The molecule has 32 heavy (non-hydrogen) atoms. The number of amides is 1. The molecule has 0 aliphatic carbocycles. The summed E-state index contributed by atoms with van der Waals surface area (Å²) in [5, 5.41) is 5.51. The molecule has 2 rings (SSSR count). The molecule has 2 aromatic rings. The smallest absolute Gasteiger partial charge is 0.367 e. The summed E-state index contributed by atoms with van der Waals surface area (Å²) in [6, 6.07) is 8.46. The third kappa shape index (κ3) is 7.88. The quantitative estimate of drug-likeness (QED) is 0.481. The zero-order valence-corrected chi connectivity index (χ0v) is 18.6. The van der Waals surface area contributed by atoms with Gasteiger partial charge in [0.05, 0.1) is 5.75 Å². The minimum absolute atomic E-state index is 0.0315. The first-order valence-electron chi connectivity index (χ1n) is 9.79. The van der Waals surface area contributed by atoms with E-state index in [1.165, 1.54) is 25.1 Å². The van der Waals surface area contributed by atoms with Gasteiger partial charge in [0.1, 0.15) is 11.5 Å². The Labute approximate surface area is 185 Å². The number of hydrogen-bond donors (Lipinski definition) is 3. The lowest BCUT2D eigenvalue weighted by Crippen LogP contribution is -2.20. The maximum Gasteiger partial charge on any atom is 0.433 e. The zero-order valence-electron chi connectivity index (χ0n) is 17.8. The van der Waals surface area contributed by atoms with Gasteiger partial charge in [0, 0.05) is 29.9 Å². The molecule has 0 atom stereocenters. The van der Waals surface area contributed by atoms with Crippen LogP contribution in [0.15, 0.2) is 42.5 Å². The van der Waals surface area contributed by atoms with Crippen molar-refractivity contribution in [2.24, 2.45) is 0 Å². The summed E-state index contributed by atoms with van der Waals surface area (Å²) in [6.45, 7) is 5.25. The number of pyridine rings is 1. The van der Waals surface area contributed by atoms with Crippen LogP contribution in [0.25, 0.3) is 6.08 Å². The zero-order chi connectivity index (χ0) is 23.9. The standard InChI is InChI=1S/C21H25F3N4O3S/c1-4-32(30,31)28-17-9-5-15(6-10-17)13-25-19(29)12-8-16-7-11-18(21(22,23)24)27-20(16)26-14(2)3/h5-12,14,28H,4,13H2,1-3H3,(H,25,29)(H,26,27). The third-order valence-corrected chi connectivity index (χ3v) is 5.44. The molecule has 1 aromatic carbocycles. The Morgan fingerprint density at radius 1 is 1.12 bits per heavy atom. The fourth-order valence-electron chi connectivity index (χ4n) is 2.51. The lowest BCUT2D eigenvalue weighted by molar-refractivity contribution is -0.141. The molecule has 174 valence electrons. The van der Waals surface area contributed by atoms with Gasteiger partial charge in [-0.05, 0) is 56.7 Å². The highest BCUT2D eigenvalue weighted by atomic mass is 32.2. The first-order chi connectivity index (χ1) is 14.9. The van der Waals surface area contributed by atoms with Crippen molar-refractivity contribution in [2.75, 3.05) is 15.8 Å². The molecule has 1 aromatic heterocycles. The molecule has 0 aliphatic heterocycles. The fraction of sp³-hybridized carbons (Fsp3) is 0.333. The molecule has 0 bridgehead atoms. The van der Waals surface area contributed by atoms with Crippen LogP contribution in [-0.2, 0) is 27.5 Å². The van der Waals surface area contributed by atoms with Gasteiger partial charge in [0.25, 0.3) is 0 Å². The van der Waals surface area contributed by atoms with Gasteiger partial charge in [-0.3, -0.25) is 9.52 Å². The van der Waals surface area contributed by atoms with Crippen molar-refractivity contribution >= 4 is 33.5 Å². The largest absolute Gasteiger partial charge is 0.433 e. The predicted molar refractivity (Wildman–Crippen MR) is 118 cm³/mol. The van der Waals surface area contributed by atoms with E-state index in [0.29, 0.717) is 11.3 Å². The average Bonchev–Trinajstić information content (AvgIpc) is 2.71. The Hall–Kier alpha value is -3.08. The Morgan fingerprint density at radius 2 is 1.78 bits per heavy atom. The number of rotatable bonds is 9. The van der Waals surface area contributed by atoms with E-state index in [-0.39, 0.29) is 24.2 Å². The van der Waals surface area contributed by atoms with Gasteiger partial charge in [0.2, 0.25) is 15.9 Å². The first kappa shape index (κ1) is 25.2. The van der Waals surface area contributed by atoms with E-state index in [2.05, 4.69) is 20.3 Å². The van der Waals surface area contributed by atoms with Crippen molar-refractivity contribution in [2.45, 2.75) is 39.5 Å². The van der Waals surface area contributed by atoms with Crippen LogP contribution in [0.3, 0.4) is 0 Å². The summed E-state index contributed by atoms with van der Waals surface area (Å²) in [7, 11) is -3.37. The normalized spacial score (nSPS) is 12.2. The molecule has 0 radical (unpaired) electrons. The molecule has 0 spiro atoms. The van der Waals surface area contributed by atoms with Crippen molar-refractivity contribution < 1.29 is 26.4 Å². The topological polar surface area (TPSA) is 100 Å². The van der Waals surface area contributed by atoms with Crippen molar-refractivity contribution in [3.05, 3.63) is 59.3 Å². The van der Waals surface area contributed by atoms with Crippen LogP contribution in [0.5, 0.6) is 0 Å². The molecular weight excluding hydrogens is 445 g/mol. The summed E-state index contributed by atoms with van der Waals surface area (Å²) in [5.41, 5.74) is 0.479. The molecule has 0 fully saturated rings. The molecule has 1 amide bonds. The van der Waals surface area contributed by atoms with E-state index in [0.717, 1.165) is 11.6 Å². The summed E-state index contributed by atoms with van der Waals surface area (Å²) >= 11 is 0. The van der Waals surface area contributed by atoms with Crippen LogP contribution in [0.4, 0.5) is 24.7 Å². The van der Waals surface area contributed by atoms with Gasteiger partial charge < -0.3 is 10.6 Å². The van der Waals surface area contributed by atoms with Gasteiger partial charge >= 0.3 is 6.18 Å². The number of halogens is 3.